The molecule has 0 aromatic heterocycles. The molecule has 1 heterocycles. The van der Waals surface area contributed by atoms with Gasteiger partial charge in [0.05, 0.1) is 11.3 Å². The first-order valence-electron chi connectivity index (χ1n) is 8.86. The van der Waals surface area contributed by atoms with Gasteiger partial charge in [0, 0.05) is 31.9 Å². The number of nitriles is 1. The predicted octanol–water partition coefficient (Wildman–Crippen LogP) is 1.88. The minimum absolute atomic E-state index is 0.104. The van der Waals surface area contributed by atoms with Gasteiger partial charge in [-0.25, -0.2) is 0 Å². The summed E-state index contributed by atoms with van der Waals surface area (Å²) in [7, 11) is 0. The topological polar surface area (TPSA) is 122 Å². The van der Waals surface area contributed by atoms with E-state index in [1.165, 1.54) is 0 Å². The largest absolute Gasteiger partial charge is 0.382 e. The minimum atomic E-state index is -0.434. The standard InChI is InChI=1S/C20H21N7O/c21-14-18(19(22)23)25-24-17-9-5-4-8-16(17)20(28)27-12-10-26(11-13-27)15-6-2-1-3-7-15/h1-9,24H,10-13H2,(H3,22,23)/b25-18+. The molecule has 142 valence electrons. The maximum Gasteiger partial charge on any atom is 0.256 e. The normalized spacial score (nSPS) is 14.3. The van der Waals surface area contributed by atoms with E-state index in [4.69, 9.17) is 16.4 Å². The number of piperazine rings is 1. The van der Waals surface area contributed by atoms with Crippen molar-refractivity contribution in [3.63, 3.8) is 0 Å². The van der Waals surface area contributed by atoms with E-state index in [9.17, 15) is 4.79 Å². The van der Waals surface area contributed by atoms with Crippen LogP contribution in [0.15, 0.2) is 59.7 Å². The molecule has 8 nitrogen and oxygen atoms in total. The van der Waals surface area contributed by atoms with Crippen molar-refractivity contribution in [2.75, 3.05) is 36.5 Å². The Bertz CT molecular complexity index is 925. The Balaban J connectivity index is 1.70. The number of amides is 1. The lowest BCUT2D eigenvalue weighted by Crippen LogP contribution is -2.48. The fourth-order valence-corrected chi connectivity index (χ4v) is 3.01. The van der Waals surface area contributed by atoms with Gasteiger partial charge >= 0.3 is 0 Å². The van der Waals surface area contributed by atoms with Crippen LogP contribution < -0.4 is 16.1 Å². The number of carbonyl (C=O) groups is 1. The highest BCUT2D eigenvalue weighted by molar-refractivity contribution is 6.45. The van der Waals surface area contributed by atoms with E-state index in [0.717, 1.165) is 18.8 Å². The summed E-state index contributed by atoms with van der Waals surface area (Å²) in [6.45, 7) is 2.74. The summed E-state index contributed by atoms with van der Waals surface area (Å²) in [5.74, 6) is -0.539. The summed E-state index contributed by atoms with van der Waals surface area (Å²) in [4.78, 5) is 17.1. The van der Waals surface area contributed by atoms with E-state index in [1.54, 1.807) is 35.2 Å². The molecule has 0 aliphatic carbocycles. The molecule has 0 bridgehead atoms. The molecule has 1 amide bonds. The van der Waals surface area contributed by atoms with E-state index in [0.29, 0.717) is 24.3 Å². The van der Waals surface area contributed by atoms with Crippen molar-refractivity contribution in [1.29, 1.82) is 10.7 Å². The number of benzene rings is 2. The second-order valence-corrected chi connectivity index (χ2v) is 6.26. The van der Waals surface area contributed by atoms with Crippen LogP contribution in [0.3, 0.4) is 0 Å². The zero-order valence-corrected chi connectivity index (χ0v) is 15.3. The van der Waals surface area contributed by atoms with E-state index in [1.807, 2.05) is 18.2 Å². The van der Waals surface area contributed by atoms with Crippen molar-refractivity contribution in [3.05, 3.63) is 60.2 Å². The van der Waals surface area contributed by atoms with Crippen LogP contribution in [-0.2, 0) is 0 Å². The number of anilines is 2. The van der Waals surface area contributed by atoms with Gasteiger partial charge in [0.1, 0.15) is 6.07 Å². The molecule has 0 radical (unpaired) electrons. The zero-order chi connectivity index (χ0) is 19.9. The quantitative estimate of drug-likeness (QED) is 0.418. The van der Waals surface area contributed by atoms with Crippen LogP contribution in [0.1, 0.15) is 10.4 Å². The van der Waals surface area contributed by atoms with Crippen LogP contribution in [0.5, 0.6) is 0 Å². The molecule has 0 spiro atoms. The van der Waals surface area contributed by atoms with Crippen LogP contribution >= 0.6 is 0 Å². The van der Waals surface area contributed by atoms with Crippen LogP contribution in [0.2, 0.25) is 0 Å². The zero-order valence-electron chi connectivity index (χ0n) is 15.3. The number of amidine groups is 1. The number of hydrogen-bond acceptors (Lipinski definition) is 6. The summed E-state index contributed by atoms with van der Waals surface area (Å²) < 4.78 is 0. The van der Waals surface area contributed by atoms with E-state index in [2.05, 4.69) is 27.6 Å². The monoisotopic (exact) mass is 375 g/mol. The van der Waals surface area contributed by atoms with Crippen molar-refractivity contribution in [3.8, 4) is 6.07 Å². The van der Waals surface area contributed by atoms with Gasteiger partial charge < -0.3 is 15.5 Å². The van der Waals surface area contributed by atoms with Gasteiger partial charge in [0.2, 0.25) is 5.71 Å². The first kappa shape index (κ1) is 18.9. The SMILES string of the molecule is N#C/C(=N\Nc1ccccc1C(=O)N1CCN(c2ccccc2)CC1)C(=N)N. The number of nitrogens with zero attached hydrogens (tertiary/aromatic N) is 4. The highest BCUT2D eigenvalue weighted by Crippen LogP contribution is 2.20. The molecule has 4 N–H and O–H groups in total. The fourth-order valence-electron chi connectivity index (χ4n) is 3.01. The van der Waals surface area contributed by atoms with Crippen molar-refractivity contribution in [2.24, 2.45) is 10.8 Å². The van der Waals surface area contributed by atoms with Crippen LogP contribution in [0.25, 0.3) is 0 Å². The molecule has 0 atom stereocenters. The number of para-hydroxylation sites is 2. The first-order valence-corrected chi connectivity index (χ1v) is 8.86. The fraction of sp³-hybridized carbons (Fsp3) is 0.200. The Labute approximate surface area is 163 Å². The third-order valence-electron chi connectivity index (χ3n) is 4.49. The van der Waals surface area contributed by atoms with Crippen LogP contribution in [0.4, 0.5) is 11.4 Å². The molecular formula is C20H21N7O. The van der Waals surface area contributed by atoms with Gasteiger partial charge in [-0.05, 0) is 24.3 Å². The molecule has 1 aliphatic rings. The molecule has 1 aliphatic heterocycles. The number of rotatable bonds is 5. The lowest BCUT2D eigenvalue weighted by Gasteiger charge is -2.36. The maximum absolute atomic E-state index is 13.0. The molecule has 2 aromatic carbocycles. The van der Waals surface area contributed by atoms with Crippen molar-refractivity contribution >= 4 is 28.8 Å². The molecule has 0 saturated carbocycles. The van der Waals surface area contributed by atoms with E-state index in [-0.39, 0.29) is 11.6 Å². The van der Waals surface area contributed by atoms with Gasteiger partial charge in [-0.2, -0.15) is 10.4 Å². The number of nitrogens with two attached hydrogens (primary N) is 1. The molecule has 0 unspecified atom stereocenters. The average Bonchev–Trinajstić information content (AvgIpc) is 2.74. The summed E-state index contributed by atoms with van der Waals surface area (Å²) in [5.41, 5.74) is 9.82. The van der Waals surface area contributed by atoms with Crippen molar-refractivity contribution < 1.29 is 4.79 Å². The van der Waals surface area contributed by atoms with Crippen LogP contribution in [-0.4, -0.2) is 48.5 Å². The van der Waals surface area contributed by atoms with E-state index >= 15 is 0 Å². The molecule has 1 fully saturated rings. The second-order valence-electron chi connectivity index (χ2n) is 6.26. The Morgan fingerprint density at radius 2 is 1.71 bits per heavy atom. The van der Waals surface area contributed by atoms with E-state index < -0.39 is 5.84 Å². The second kappa shape index (κ2) is 8.68. The predicted molar refractivity (Wildman–Crippen MR) is 110 cm³/mol. The Morgan fingerprint density at radius 3 is 2.36 bits per heavy atom. The van der Waals surface area contributed by atoms with Crippen LogP contribution in [0, 0.1) is 16.7 Å². The highest BCUT2D eigenvalue weighted by Gasteiger charge is 2.24. The van der Waals surface area contributed by atoms with Gasteiger partial charge in [0.25, 0.3) is 5.91 Å². The summed E-state index contributed by atoms with van der Waals surface area (Å²) >= 11 is 0. The number of nitrogens with one attached hydrogen (secondary N) is 2. The smallest absolute Gasteiger partial charge is 0.256 e. The Hall–Kier alpha value is -3.86. The summed E-state index contributed by atoms with van der Waals surface area (Å²) in [6.07, 6.45) is 0. The average molecular weight is 375 g/mol. The molecule has 2 aromatic rings. The van der Waals surface area contributed by atoms with Gasteiger partial charge in [-0.15, -0.1) is 0 Å². The van der Waals surface area contributed by atoms with Crippen molar-refractivity contribution in [1.82, 2.24) is 4.90 Å². The third-order valence-corrected chi connectivity index (χ3v) is 4.49. The van der Waals surface area contributed by atoms with Gasteiger partial charge in [-0.3, -0.25) is 15.6 Å². The highest BCUT2D eigenvalue weighted by atomic mass is 16.2. The molecular weight excluding hydrogens is 354 g/mol. The number of hydrazone groups is 1. The molecule has 3 rings (SSSR count). The van der Waals surface area contributed by atoms with Gasteiger partial charge in [0.15, 0.2) is 5.84 Å². The molecule has 1 saturated heterocycles. The number of carbonyl (C=O) groups excluding carboxylic acids is 1. The maximum atomic E-state index is 13.0. The number of hydrogen-bond donors (Lipinski definition) is 3. The third kappa shape index (κ3) is 4.27. The Morgan fingerprint density at radius 1 is 1.07 bits per heavy atom. The lowest BCUT2D eigenvalue weighted by molar-refractivity contribution is 0.0747. The first-order chi connectivity index (χ1) is 13.6. The molecule has 8 heteroatoms. The lowest BCUT2D eigenvalue weighted by atomic mass is 10.1. The van der Waals surface area contributed by atoms with Crippen molar-refractivity contribution in [2.45, 2.75) is 0 Å². The molecule has 28 heavy (non-hydrogen) atoms. The summed E-state index contributed by atoms with van der Waals surface area (Å²) in [6, 6.07) is 18.8. The summed E-state index contributed by atoms with van der Waals surface area (Å²) in [5, 5.41) is 20.1. The minimum Gasteiger partial charge on any atom is -0.382 e. The Kier molecular flexibility index (Phi) is 5.87. The van der Waals surface area contributed by atoms with Gasteiger partial charge in [-0.1, -0.05) is 30.3 Å².